The van der Waals surface area contributed by atoms with Crippen LogP contribution in [0.3, 0.4) is 0 Å². The summed E-state index contributed by atoms with van der Waals surface area (Å²) in [5, 5.41) is 0. The third-order valence-corrected chi connectivity index (χ3v) is 7.38. The molecule has 0 spiro atoms. The minimum Gasteiger partial charge on any atom is -0.451 e. The summed E-state index contributed by atoms with van der Waals surface area (Å²) in [5.74, 6) is -0.510. The molecule has 2 saturated heterocycles. The number of carbonyl (C=O) groups excluding carboxylic acids is 1. The highest BCUT2D eigenvalue weighted by Crippen LogP contribution is 2.33. The van der Waals surface area contributed by atoms with Crippen LogP contribution >= 0.6 is 0 Å². The van der Waals surface area contributed by atoms with Crippen molar-refractivity contribution in [1.82, 2.24) is 4.90 Å². The largest absolute Gasteiger partial charge is 0.451 e. The van der Waals surface area contributed by atoms with Crippen LogP contribution in [0.25, 0.3) is 11.3 Å². The number of rotatable bonds is 5. The monoisotopic (exact) mass is 457 g/mol. The van der Waals surface area contributed by atoms with E-state index in [2.05, 4.69) is 0 Å². The van der Waals surface area contributed by atoms with Crippen molar-refractivity contribution in [1.29, 1.82) is 0 Å². The fourth-order valence-electron chi connectivity index (χ4n) is 4.03. The number of nitrogens with zero attached hydrogens (tertiary/aromatic N) is 1. The van der Waals surface area contributed by atoms with E-state index in [9.17, 15) is 26.4 Å². The standard InChI is InChI=1S/C21H22F3NO5S/c22-21(23,24)15-4-1-3-14(11-15)18-6-7-19(30-18)20(26)25(12-17-5-2-9-29-17)16-8-10-31(27,28)13-16/h1,3-4,6-7,11,16-17H,2,5,8-10,12-13H2. The second-order valence-corrected chi connectivity index (χ2v) is 10.1. The van der Waals surface area contributed by atoms with Gasteiger partial charge in [0.15, 0.2) is 15.6 Å². The molecule has 2 aromatic rings. The van der Waals surface area contributed by atoms with Gasteiger partial charge in [-0.2, -0.15) is 13.2 Å². The first kappa shape index (κ1) is 21.9. The number of ether oxygens (including phenoxy) is 1. The van der Waals surface area contributed by atoms with Gasteiger partial charge in [-0.3, -0.25) is 4.79 Å². The molecule has 168 valence electrons. The average Bonchev–Trinajstić information content (AvgIpc) is 3.46. The van der Waals surface area contributed by atoms with E-state index in [1.807, 2.05) is 0 Å². The summed E-state index contributed by atoms with van der Waals surface area (Å²) in [7, 11) is -3.22. The van der Waals surface area contributed by atoms with Gasteiger partial charge in [0.05, 0.1) is 23.2 Å². The topological polar surface area (TPSA) is 76.8 Å². The predicted octanol–water partition coefficient (Wildman–Crippen LogP) is 3.77. The van der Waals surface area contributed by atoms with Gasteiger partial charge in [0.1, 0.15) is 5.76 Å². The lowest BCUT2D eigenvalue weighted by atomic mass is 10.1. The zero-order valence-electron chi connectivity index (χ0n) is 16.6. The Hall–Kier alpha value is -2.33. The highest BCUT2D eigenvalue weighted by atomic mass is 32.2. The summed E-state index contributed by atoms with van der Waals surface area (Å²) in [6.07, 6.45) is -2.69. The Balaban J connectivity index is 1.58. The number of hydrogen-bond acceptors (Lipinski definition) is 5. The van der Waals surface area contributed by atoms with Crippen molar-refractivity contribution in [3.05, 3.63) is 47.7 Å². The minimum absolute atomic E-state index is 0.0145. The van der Waals surface area contributed by atoms with E-state index in [-0.39, 0.29) is 41.2 Å². The number of sulfone groups is 1. The van der Waals surface area contributed by atoms with Gasteiger partial charge in [-0.25, -0.2) is 8.42 Å². The molecule has 0 saturated carbocycles. The third-order valence-electron chi connectivity index (χ3n) is 5.63. The Morgan fingerprint density at radius 1 is 1.16 bits per heavy atom. The fourth-order valence-corrected chi connectivity index (χ4v) is 5.76. The SMILES string of the molecule is O=C(c1ccc(-c2cccc(C(F)(F)F)c2)o1)N(CC1CCCO1)C1CCS(=O)(=O)C1. The number of furan rings is 1. The normalized spacial score (nSPS) is 23.2. The zero-order valence-corrected chi connectivity index (χ0v) is 17.4. The summed E-state index contributed by atoms with van der Waals surface area (Å²) < 4.78 is 74.1. The van der Waals surface area contributed by atoms with Crippen LogP contribution in [0.15, 0.2) is 40.8 Å². The molecule has 2 fully saturated rings. The number of alkyl halides is 3. The van der Waals surface area contributed by atoms with Gasteiger partial charge in [0.25, 0.3) is 5.91 Å². The molecule has 3 heterocycles. The smallest absolute Gasteiger partial charge is 0.416 e. The molecule has 10 heteroatoms. The van der Waals surface area contributed by atoms with Crippen molar-refractivity contribution in [2.24, 2.45) is 0 Å². The second-order valence-electron chi connectivity index (χ2n) is 7.89. The van der Waals surface area contributed by atoms with Gasteiger partial charge in [-0.1, -0.05) is 12.1 Å². The van der Waals surface area contributed by atoms with Crippen molar-refractivity contribution in [2.75, 3.05) is 24.7 Å². The predicted molar refractivity (Wildman–Crippen MR) is 106 cm³/mol. The van der Waals surface area contributed by atoms with E-state index >= 15 is 0 Å². The summed E-state index contributed by atoms with van der Waals surface area (Å²) in [5.41, 5.74) is -0.617. The average molecular weight is 457 g/mol. The molecule has 1 amide bonds. The first-order valence-corrected chi connectivity index (χ1v) is 11.8. The van der Waals surface area contributed by atoms with Gasteiger partial charge in [0.2, 0.25) is 0 Å². The molecule has 0 aliphatic carbocycles. The highest BCUT2D eigenvalue weighted by molar-refractivity contribution is 7.91. The van der Waals surface area contributed by atoms with Crippen LogP contribution in [-0.2, 0) is 20.8 Å². The molecule has 0 bridgehead atoms. The van der Waals surface area contributed by atoms with Crippen LogP contribution in [0.4, 0.5) is 13.2 Å². The molecule has 2 aliphatic heterocycles. The fraction of sp³-hybridized carbons (Fsp3) is 0.476. The molecule has 2 atom stereocenters. The Bertz CT molecular complexity index is 1060. The van der Waals surface area contributed by atoms with Gasteiger partial charge in [-0.15, -0.1) is 0 Å². The molecular weight excluding hydrogens is 435 g/mol. The van der Waals surface area contributed by atoms with Gasteiger partial charge in [-0.05, 0) is 43.5 Å². The van der Waals surface area contributed by atoms with E-state index in [1.165, 1.54) is 29.2 Å². The second kappa shape index (κ2) is 8.31. The quantitative estimate of drug-likeness (QED) is 0.683. The van der Waals surface area contributed by atoms with Crippen molar-refractivity contribution in [3.8, 4) is 11.3 Å². The lowest BCUT2D eigenvalue weighted by molar-refractivity contribution is -0.137. The van der Waals surface area contributed by atoms with Gasteiger partial charge >= 0.3 is 6.18 Å². The summed E-state index contributed by atoms with van der Waals surface area (Å²) in [6.45, 7) is 0.842. The Morgan fingerprint density at radius 3 is 2.61 bits per heavy atom. The van der Waals surface area contributed by atoms with E-state index in [0.717, 1.165) is 25.0 Å². The summed E-state index contributed by atoms with van der Waals surface area (Å²) in [6, 6.07) is 7.03. The molecule has 0 N–H and O–H groups in total. The van der Waals surface area contributed by atoms with Crippen molar-refractivity contribution in [3.63, 3.8) is 0 Å². The molecule has 2 aliphatic rings. The zero-order chi connectivity index (χ0) is 22.2. The van der Waals surface area contributed by atoms with Crippen LogP contribution < -0.4 is 0 Å². The van der Waals surface area contributed by atoms with E-state index in [1.54, 1.807) is 0 Å². The van der Waals surface area contributed by atoms with Crippen LogP contribution in [-0.4, -0.2) is 56.0 Å². The number of carbonyl (C=O) groups is 1. The van der Waals surface area contributed by atoms with Crippen LogP contribution in [0, 0.1) is 0 Å². The molecule has 0 radical (unpaired) electrons. The maximum absolute atomic E-state index is 13.2. The minimum atomic E-state index is -4.49. The highest BCUT2D eigenvalue weighted by Gasteiger charge is 2.37. The van der Waals surface area contributed by atoms with E-state index < -0.39 is 33.5 Å². The molecular formula is C21H22F3NO5S. The molecule has 2 unspecified atom stereocenters. The van der Waals surface area contributed by atoms with E-state index in [4.69, 9.17) is 9.15 Å². The Kier molecular flexibility index (Phi) is 5.87. The Labute approximate surface area is 177 Å². The van der Waals surface area contributed by atoms with Crippen molar-refractivity contribution in [2.45, 2.75) is 37.6 Å². The maximum atomic E-state index is 13.2. The lowest BCUT2D eigenvalue weighted by Gasteiger charge is -2.29. The number of amides is 1. The molecule has 31 heavy (non-hydrogen) atoms. The Morgan fingerprint density at radius 2 is 1.97 bits per heavy atom. The molecule has 4 rings (SSSR count). The molecule has 1 aromatic heterocycles. The number of benzene rings is 1. The third kappa shape index (κ3) is 4.95. The first-order chi connectivity index (χ1) is 14.6. The number of halogens is 3. The van der Waals surface area contributed by atoms with Crippen molar-refractivity contribution >= 4 is 15.7 Å². The maximum Gasteiger partial charge on any atom is 0.416 e. The molecule has 1 aromatic carbocycles. The van der Waals surface area contributed by atoms with Gasteiger partial charge < -0.3 is 14.1 Å². The van der Waals surface area contributed by atoms with Crippen LogP contribution in [0.5, 0.6) is 0 Å². The van der Waals surface area contributed by atoms with E-state index in [0.29, 0.717) is 13.0 Å². The molecule has 6 nitrogen and oxygen atoms in total. The summed E-state index contributed by atoms with van der Waals surface area (Å²) >= 11 is 0. The number of hydrogen-bond donors (Lipinski definition) is 0. The lowest BCUT2D eigenvalue weighted by Crippen LogP contribution is -2.45. The van der Waals surface area contributed by atoms with Crippen molar-refractivity contribution < 1.29 is 35.5 Å². The summed E-state index contributed by atoms with van der Waals surface area (Å²) in [4.78, 5) is 14.7. The van der Waals surface area contributed by atoms with Crippen LogP contribution in [0.2, 0.25) is 0 Å². The van der Waals surface area contributed by atoms with Gasteiger partial charge in [0, 0.05) is 24.8 Å². The van der Waals surface area contributed by atoms with Crippen LogP contribution in [0.1, 0.15) is 35.4 Å². The first-order valence-electron chi connectivity index (χ1n) is 10.0.